The molecule has 0 unspecified atom stereocenters. The van der Waals surface area contributed by atoms with Crippen LogP contribution in [0, 0.1) is 0 Å². The molecule has 0 amide bonds. The van der Waals surface area contributed by atoms with Crippen LogP contribution in [0.5, 0.6) is 0 Å². The lowest BCUT2D eigenvalue weighted by Crippen LogP contribution is -2.19. The second kappa shape index (κ2) is 1.58. The molecule has 0 aromatic heterocycles. The molecule has 0 saturated heterocycles. The van der Waals surface area contributed by atoms with E-state index >= 15 is 0 Å². The van der Waals surface area contributed by atoms with Crippen molar-refractivity contribution in [2.45, 2.75) is 19.6 Å². The van der Waals surface area contributed by atoms with E-state index in [-0.39, 0.29) is 0 Å². The molecule has 8 heavy (non-hydrogen) atoms. The summed E-state index contributed by atoms with van der Waals surface area (Å²) in [6, 6.07) is 0. The summed E-state index contributed by atoms with van der Waals surface area (Å²) in [5, 5.41) is 0.537. The summed E-state index contributed by atoms with van der Waals surface area (Å²) in [6.45, 7) is 3.65. The highest BCUT2D eigenvalue weighted by Gasteiger charge is 2.25. The van der Waals surface area contributed by atoms with Gasteiger partial charge in [-0.05, 0) is 0 Å². The Hall–Kier alpha value is -0.310. The van der Waals surface area contributed by atoms with Crippen molar-refractivity contribution in [2.75, 3.05) is 0 Å². The fourth-order valence-electron chi connectivity index (χ4n) is 0.492. The molecule has 0 aromatic carbocycles. The summed E-state index contributed by atoms with van der Waals surface area (Å²) in [5.74, 6) is -0.503. The minimum absolute atomic E-state index is 0.503. The Morgan fingerprint density at radius 1 is 1.62 bits per heavy atom. The lowest BCUT2D eigenvalue weighted by molar-refractivity contribution is -0.111. The maximum absolute atomic E-state index is 5.05. The fraction of sp³-hybridized carbons (Fsp3) is 0.600. The first kappa shape index (κ1) is 5.82. The fourth-order valence-corrected chi connectivity index (χ4v) is 0.765. The van der Waals surface area contributed by atoms with Crippen LogP contribution in [-0.4, -0.2) is 5.79 Å². The van der Waals surface area contributed by atoms with E-state index in [1.807, 2.05) is 13.8 Å². The molecule has 0 aliphatic carbocycles. The van der Waals surface area contributed by atoms with Gasteiger partial charge in [-0.2, -0.15) is 0 Å². The van der Waals surface area contributed by atoms with Crippen LogP contribution in [-0.2, 0) is 9.47 Å². The molecule has 0 aromatic rings. The van der Waals surface area contributed by atoms with Gasteiger partial charge in [-0.25, -0.2) is 0 Å². The maximum Gasteiger partial charge on any atom is 0.245 e. The van der Waals surface area contributed by atoms with Gasteiger partial charge in [0.2, 0.25) is 5.79 Å². The van der Waals surface area contributed by atoms with Crippen LogP contribution < -0.4 is 0 Å². The minimum atomic E-state index is -0.503. The van der Waals surface area contributed by atoms with Gasteiger partial charge < -0.3 is 9.47 Å². The van der Waals surface area contributed by atoms with Crippen LogP contribution in [0.25, 0.3) is 0 Å². The smallest absolute Gasteiger partial charge is 0.245 e. The summed E-state index contributed by atoms with van der Waals surface area (Å²) < 4.78 is 10.0. The first-order valence-electron chi connectivity index (χ1n) is 2.36. The topological polar surface area (TPSA) is 18.5 Å². The SMILES string of the molecule is CC1(C)OC=C(S)O1. The number of rotatable bonds is 0. The van der Waals surface area contributed by atoms with Gasteiger partial charge in [0.1, 0.15) is 6.26 Å². The summed E-state index contributed by atoms with van der Waals surface area (Å²) in [6.07, 6.45) is 1.49. The van der Waals surface area contributed by atoms with Crippen LogP contribution in [0.3, 0.4) is 0 Å². The van der Waals surface area contributed by atoms with Gasteiger partial charge >= 0.3 is 0 Å². The van der Waals surface area contributed by atoms with E-state index in [2.05, 4.69) is 12.6 Å². The lowest BCUT2D eigenvalue weighted by atomic mass is 10.4. The van der Waals surface area contributed by atoms with E-state index in [0.29, 0.717) is 5.09 Å². The molecule has 2 nitrogen and oxygen atoms in total. The first-order valence-corrected chi connectivity index (χ1v) is 2.81. The molecular formula is C5H8O2S. The quantitative estimate of drug-likeness (QED) is 0.503. The van der Waals surface area contributed by atoms with Gasteiger partial charge in [0, 0.05) is 13.8 Å². The Balaban J connectivity index is 2.55. The third kappa shape index (κ3) is 1.10. The first-order chi connectivity index (χ1) is 3.60. The predicted molar refractivity (Wildman–Crippen MR) is 33.3 cm³/mol. The van der Waals surface area contributed by atoms with Gasteiger partial charge in [0.15, 0.2) is 5.09 Å². The molecule has 3 heteroatoms. The normalized spacial score (nSPS) is 23.6. The molecule has 46 valence electrons. The zero-order chi connectivity index (χ0) is 6.20. The van der Waals surface area contributed by atoms with Crippen molar-refractivity contribution in [3.05, 3.63) is 11.4 Å². The zero-order valence-electron chi connectivity index (χ0n) is 4.84. The van der Waals surface area contributed by atoms with Crippen LogP contribution in [0.1, 0.15) is 13.8 Å². The summed E-state index contributed by atoms with van der Waals surface area (Å²) in [4.78, 5) is 0. The summed E-state index contributed by atoms with van der Waals surface area (Å²) in [7, 11) is 0. The molecule has 1 heterocycles. The van der Waals surface area contributed by atoms with E-state index in [4.69, 9.17) is 9.47 Å². The van der Waals surface area contributed by atoms with Gasteiger partial charge in [0.05, 0.1) is 0 Å². The molecular weight excluding hydrogens is 124 g/mol. The summed E-state index contributed by atoms with van der Waals surface area (Å²) >= 11 is 3.92. The Morgan fingerprint density at radius 3 is 2.38 bits per heavy atom. The van der Waals surface area contributed by atoms with Crippen molar-refractivity contribution >= 4 is 12.6 Å². The third-order valence-electron chi connectivity index (χ3n) is 0.794. The van der Waals surface area contributed by atoms with Gasteiger partial charge in [-0.15, -0.1) is 12.6 Å². The van der Waals surface area contributed by atoms with Crippen molar-refractivity contribution < 1.29 is 9.47 Å². The van der Waals surface area contributed by atoms with Gasteiger partial charge in [0.25, 0.3) is 0 Å². The van der Waals surface area contributed by atoms with E-state index in [1.165, 1.54) is 6.26 Å². The third-order valence-corrected chi connectivity index (χ3v) is 0.991. The Morgan fingerprint density at radius 2 is 2.25 bits per heavy atom. The molecule has 0 bridgehead atoms. The number of hydrogen-bond acceptors (Lipinski definition) is 3. The number of thiol groups is 1. The van der Waals surface area contributed by atoms with E-state index in [9.17, 15) is 0 Å². The van der Waals surface area contributed by atoms with E-state index < -0.39 is 5.79 Å². The number of hydrogen-bond donors (Lipinski definition) is 1. The maximum atomic E-state index is 5.05. The van der Waals surface area contributed by atoms with Crippen LogP contribution >= 0.6 is 12.6 Å². The molecule has 1 aliphatic rings. The van der Waals surface area contributed by atoms with Crippen molar-refractivity contribution in [2.24, 2.45) is 0 Å². The largest absolute Gasteiger partial charge is 0.456 e. The molecule has 0 N–H and O–H groups in total. The Kier molecular flexibility index (Phi) is 1.15. The summed E-state index contributed by atoms with van der Waals surface area (Å²) in [5.41, 5.74) is 0. The molecule has 0 saturated carbocycles. The highest BCUT2D eigenvalue weighted by molar-refractivity contribution is 7.84. The van der Waals surface area contributed by atoms with Crippen molar-refractivity contribution in [1.29, 1.82) is 0 Å². The monoisotopic (exact) mass is 132 g/mol. The minimum Gasteiger partial charge on any atom is -0.456 e. The van der Waals surface area contributed by atoms with Crippen molar-refractivity contribution in [1.82, 2.24) is 0 Å². The van der Waals surface area contributed by atoms with Crippen molar-refractivity contribution in [3.63, 3.8) is 0 Å². The average Bonchev–Trinajstić information content (AvgIpc) is 1.82. The number of ether oxygens (including phenoxy) is 2. The van der Waals surface area contributed by atoms with E-state index in [1.54, 1.807) is 0 Å². The molecule has 1 aliphatic heterocycles. The predicted octanol–water partition coefficient (Wildman–Crippen LogP) is 1.50. The molecule has 0 atom stereocenters. The van der Waals surface area contributed by atoms with Crippen LogP contribution in [0.2, 0.25) is 0 Å². The molecule has 0 fully saturated rings. The van der Waals surface area contributed by atoms with E-state index in [0.717, 1.165) is 0 Å². The van der Waals surface area contributed by atoms with Crippen molar-refractivity contribution in [3.8, 4) is 0 Å². The second-order valence-corrected chi connectivity index (χ2v) is 2.52. The average molecular weight is 132 g/mol. The Bertz CT molecular complexity index is 128. The van der Waals surface area contributed by atoms with Gasteiger partial charge in [-0.1, -0.05) is 0 Å². The molecule has 1 rings (SSSR count). The van der Waals surface area contributed by atoms with Crippen LogP contribution in [0.4, 0.5) is 0 Å². The molecule has 0 spiro atoms. The zero-order valence-corrected chi connectivity index (χ0v) is 5.74. The highest BCUT2D eigenvalue weighted by Crippen LogP contribution is 2.25. The highest BCUT2D eigenvalue weighted by atomic mass is 32.1. The molecule has 0 radical (unpaired) electrons. The lowest BCUT2D eigenvalue weighted by Gasteiger charge is -2.16. The van der Waals surface area contributed by atoms with Gasteiger partial charge in [-0.3, -0.25) is 0 Å². The Labute approximate surface area is 53.9 Å². The van der Waals surface area contributed by atoms with Crippen LogP contribution in [0.15, 0.2) is 11.4 Å². The standard InChI is InChI=1S/C5H8O2S/c1-5(2)6-3-4(8)7-5/h3,8H,1-2H3. The second-order valence-electron chi connectivity index (χ2n) is 2.08.